The quantitative estimate of drug-likeness (QED) is 0.182. The van der Waals surface area contributed by atoms with E-state index in [2.05, 4.69) is 5.16 Å². The summed E-state index contributed by atoms with van der Waals surface area (Å²) in [5.41, 5.74) is -0.0611. The Morgan fingerprint density at radius 1 is 1.13 bits per heavy atom. The number of benzene rings is 2. The normalized spacial score (nSPS) is 12.0. The summed E-state index contributed by atoms with van der Waals surface area (Å²) in [5, 5.41) is 3.99. The molecule has 6 nitrogen and oxygen atoms in total. The number of ether oxygens (including phenoxy) is 3. The molecule has 0 bridgehead atoms. The molecule has 0 saturated carbocycles. The molecule has 0 fully saturated rings. The number of hydrogen-bond acceptors (Lipinski definition) is 6. The monoisotopic (exact) mass is 457 g/mol. The van der Waals surface area contributed by atoms with Crippen molar-refractivity contribution in [3.05, 3.63) is 75.8 Å². The van der Waals surface area contributed by atoms with E-state index in [1.807, 2.05) is 0 Å². The second-order valence-electron chi connectivity index (χ2n) is 6.01. The van der Waals surface area contributed by atoms with Crippen LogP contribution in [0.2, 0.25) is 5.02 Å². The first-order valence-electron chi connectivity index (χ1n) is 8.75. The van der Waals surface area contributed by atoms with E-state index in [-0.39, 0.29) is 29.5 Å². The molecule has 0 atom stereocenters. The molecule has 0 saturated heterocycles. The van der Waals surface area contributed by atoms with Crippen LogP contribution < -0.4 is 0 Å². The lowest BCUT2D eigenvalue weighted by Gasteiger charge is -2.13. The molecule has 0 unspecified atom stereocenters. The van der Waals surface area contributed by atoms with E-state index in [1.165, 1.54) is 27.6 Å². The molecule has 2 aromatic rings. The second-order valence-corrected chi connectivity index (χ2v) is 6.42. The van der Waals surface area contributed by atoms with Gasteiger partial charge in [-0.1, -0.05) is 28.9 Å². The number of oxime groups is 1. The minimum atomic E-state index is -1.16. The van der Waals surface area contributed by atoms with Gasteiger partial charge in [0.25, 0.3) is 0 Å². The van der Waals surface area contributed by atoms with Crippen LogP contribution in [0.3, 0.4) is 0 Å². The van der Waals surface area contributed by atoms with Crippen LogP contribution in [0, 0.1) is 17.5 Å². The average Bonchev–Trinajstić information content (AvgIpc) is 2.72. The first-order chi connectivity index (χ1) is 14.8. The first kappa shape index (κ1) is 24.2. The van der Waals surface area contributed by atoms with Gasteiger partial charge in [-0.2, -0.15) is 0 Å². The van der Waals surface area contributed by atoms with Crippen LogP contribution in [0.5, 0.6) is 0 Å². The largest absolute Gasteiger partial charge is 0.503 e. The van der Waals surface area contributed by atoms with Gasteiger partial charge in [-0.3, -0.25) is 0 Å². The van der Waals surface area contributed by atoms with E-state index in [4.69, 9.17) is 30.6 Å². The van der Waals surface area contributed by atoms with Gasteiger partial charge in [0.15, 0.2) is 0 Å². The molecule has 0 amide bonds. The summed E-state index contributed by atoms with van der Waals surface area (Å²) in [6.07, 6.45) is 1.18. The van der Waals surface area contributed by atoms with Gasteiger partial charge >= 0.3 is 5.97 Å². The summed E-state index contributed by atoms with van der Waals surface area (Å²) in [4.78, 5) is 17.4. The molecule has 0 aromatic heterocycles. The molecular weight excluding hydrogens is 439 g/mol. The second kappa shape index (κ2) is 11.4. The highest BCUT2D eigenvalue weighted by Crippen LogP contribution is 2.28. The van der Waals surface area contributed by atoms with E-state index >= 15 is 0 Å². The molecule has 0 heterocycles. The van der Waals surface area contributed by atoms with Gasteiger partial charge in [0.05, 0.1) is 32.7 Å². The van der Waals surface area contributed by atoms with Crippen LogP contribution in [-0.2, 0) is 30.4 Å². The van der Waals surface area contributed by atoms with Crippen molar-refractivity contribution in [2.45, 2.75) is 6.61 Å². The van der Waals surface area contributed by atoms with Crippen molar-refractivity contribution in [2.24, 2.45) is 5.16 Å². The summed E-state index contributed by atoms with van der Waals surface area (Å²) in [6, 6.07) is 5.80. The highest BCUT2D eigenvalue weighted by atomic mass is 35.5. The molecule has 166 valence electrons. The summed E-state index contributed by atoms with van der Waals surface area (Å²) in [5.74, 6) is -4.07. The number of hydrogen-bond donors (Lipinski definition) is 0. The maximum Gasteiger partial charge on any atom is 0.341 e. The Labute approximate surface area is 181 Å². The predicted molar refractivity (Wildman–Crippen MR) is 108 cm³/mol. The maximum atomic E-state index is 14.1. The number of halogens is 4. The average molecular weight is 458 g/mol. The zero-order valence-electron chi connectivity index (χ0n) is 16.9. The Kier molecular flexibility index (Phi) is 8.89. The van der Waals surface area contributed by atoms with Crippen molar-refractivity contribution in [3.63, 3.8) is 0 Å². The summed E-state index contributed by atoms with van der Waals surface area (Å²) in [7, 11) is 3.86. The van der Waals surface area contributed by atoms with Crippen molar-refractivity contribution >= 4 is 28.9 Å². The first-order valence-corrected chi connectivity index (χ1v) is 9.13. The van der Waals surface area contributed by atoms with Crippen molar-refractivity contribution in [1.82, 2.24) is 0 Å². The van der Waals surface area contributed by atoms with Gasteiger partial charge in [-0.15, -0.1) is 0 Å². The third-order valence-electron chi connectivity index (χ3n) is 4.01. The van der Waals surface area contributed by atoms with Crippen molar-refractivity contribution in [1.29, 1.82) is 0 Å². The smallest absolute Gasteiger partial charge is 0.341 e. The minimum Gasteiger partial charge on any atom is -0.503 e. The van der Waals surface area contributed by atoms with Crippen molar-refractivity contribution < 1.29 is 37.0 Å². The highest BCUT2D eigenvalue weighted by Gasteiger charge is 2.21. The van der Waals surface area contributed by atoms with Crippen molar-refractivity contribution in [3.8, 4) is 0 Å². The van der Waals surface area contributed by atoms with Crippen LogP contribution >= 0.6 is 11.6 Å². The Bertz CT molecular complexity index is 987. The van der Waals surface area contributed by atoms with Crippen molar-refractivity contribution in [2.75, 3.05) is 27.9 Å². The molecule has 2 rings (SSSR count). The Hall–Kier alpha value is -3.04. The molecule has 0 aliphatic heterocycles. The third kappa shape index (κ3) is 5.99. The Morgan fingerprint density at radius 3 is 2.39 bits per heavy atom. The standard InChI is InChI=1S/C21H19ClF3NO5/c1-28-9-15(21(27)30-3)13-5-4-6-16(22)14(13)10-31-26-19(11-29-2)20-17(24)7-12(23)8-18(20)25/h4-9H,10-11H2,1-3H3/b15-9+,26-19+. The summed E-state index contributed by atoms with van der Waals surface area (Å²) >= 11 is 6.25. The van der Waals surface area contributed by atoms with Gasteiger partial charge in [-0.05, 0) is 6.07 Å². The molecule has 0 radical (unpaired) electrons. The predicted octanol–water partition coefficient (Wildman–Crippen LogP) is 4.48. The van der Waals surface area contributed by atoms with Gasteiger partial charge < -0.3 is 19.0 Å². The zero-order valence-corrected chi connectivity index (χ0v) is 17.6. The fraction of sp³-hybridized carbons (Fsp3) is 0.238. The molecule has 0 spiro atoms. The van der Waals surface area contributed by atoms with Crippen LogP contribution in [0.1, 0.15) is 16.7 Å². The Balaban J connectivity index is 2.40. The number of esters is 1. The van der Waals surface area contributed by atoms with Gasteiger partial charge in [0.2, 0.25) is 0 Å². The number of rotatable bonds is 9. The lowest BCUT2D eigenvalue weighted by molar-refractivity contribution is -0.133. The lowest BCUT2D eigenvalue weighted by atomic mass is 10.0. The van der Waals surface area contributed by atoms with Gasteiger partial charge in [0, 0.05) is 35.4 Å². The number of carbonyl (C=O) groups excluding carboxylic acids is 1. The molecule has 0 aliphatic carbocycles. The third-order valence-corrected chi connectivity index (χ3v) is 4.36. The van der Waals surface area contributed by atoms with Crippen LogP contribution in [-0.4, -0.2) is 39.6 Å². The van der Waals surface area contributed by atoms with E-state index in [9.17, 15) is 18.0 Å². The molecule has 0 N–H and O–H groups in total. The summed E-state index contributed by atoms with van der Waals surface area (Å²) in [6.45, 7) is -0.587. The van der Waals surface area contributed by atoms with E-state index in [0.717, 1.165) is 0 Å². The fourth-order valence-electron chi connectivity index (χ4n) is 2.68. The molecule has 0 aliphatic rings. The SMILES string of the molecule is CO/C=C(/C(=O)OC)c1cccc(Cl)c1CO/N=C(\COC)c1c(F)cc(F)cc1F. The maximum absolute atomic E-state index is 14.1. The fourth-order valence-corrected chi connectivity index (χ4v) is 2.91. The van der Waals surface area contributed by atoms with Gasteiger partial charge in [-0.25, -0.2) is 18.0 Å². The molecule has 31 heavy (non-hydrogen) atoms. The van der Waals surface area contributed by atoms with E-state index in [1.54, 1.807) is 18.2 Å². The van der Waals surface area contributed by atoms with E-state index < -0.39 is 29.0 Å². The Morgan fingerprint density at radius 2 is 1.81 bits per heavy atom. The zero-order chi connectivity index (χ0) is 23.0. The number of nitrogens with zero attached hydrogens (tertiary/aromatic N) is 1. The van der Waals surface area contributed by atoms with Crippen LogP contribution in [0.25, 0.3) is 5.57 Å². The van der Waals surface area contributed by atoms with E-state index in [0.29, 0.717) is 23.3 Å². The lowest BCUT2D eigenvalue weighted by Crippen LogP contribution is -2.15. The highest BCUT2D eigenvalue weighted by molar-refractivity contribution is 6.32. The van der Waals surface area contributed by atoms with Crippen LogP contribution in [0.15, 0.2) is 41.7 Å². The summed E-state index contributed by atoms with van der Waals surface area (Å²) < 4.78 is 56.0. The molecule has 2 aromatic carbocycles. The molecule has 10 heteroatoms. The minimum absolute atomic E-state index is 0.0721. The molecular formula is C21H19ClF3NO5. The van der Waals surface area contributed by atoms with Crippen LogP contribution in [0.4, 0.5) is 13.2 Å². The number of methoxy groups -OCH3 is 3. The topological polar surface area (TPSA) is 66.4 Å². The van der Waals surface area contributed by atoms with Gasteiger partial charge in [0.1, 0.15) is 35.3 Å². The number of carbonyl (C=O) groups is 1.